The molecular formula is C8H16N2O4S2. The number of rotatable bonds is 1. The van der Waals surface area contributed by atoms with Crippen LogP contribution >= 0.6 is 0 Å². The number of nitrogens with one attached hydrogen (secondary N) is 2. The van der Waals surface area contributed by atoms with Crippen molar-refractivity contribution in [3.05, 3.63) is 0 Å². The first-order valence-corrected chi connectivity index (χ1v) is 8.36. The Labute approximate surface area is 95.6 Å². The van der Waals surface area contributed by atoms with Crippen LogP contribution in [0.4, 0.5) is 0 Å². The van der Waals surface area contributed by atoms with E-state index < -0.39 is 35.2 Å². The van der Waals surface area contributed by atoms with Gasteiger partial charge in [0.1, 0.15) is 10.7 Å². The van der Waals surface area contributed by atoms with Crippen LogP contribution in [-0.4, -0.2) is 51.2 Å². The fourth-order valence-corrected chi connectivity index (χ4v) is 6.21. The largest absolute Gasteiger partial charge is 0.298 e. The van der Waals surface area contributed by atoms with E-state index in [1.54, 1.807) is 13.8 Å². The first kappa shape index (κ1) is 12.3. The lowest BCUT2D eigenvalue weighted by atomic mass is 10.2. The maximum absolute atomic E-state index is 12.1. The normalized spacial score (nSPS) is 39.9. The van der Waals surface area contributed by atoms with E-state index in [-0.39, 0.29) is 12.3 Å². The molecule has 94 valence electrons. The van der Waals surface area contributed by atoms with Crippen LogP contribution in [0.3, 0.4) is 0 Å². The Morgan fingerprint density at radius 1 is 1.06 bits per heavy atom. The van der Waals surface area contributed by atoms with Crippen LogP contribution in [0.15, 0.2) is 0 Å². The molecule has 0 radical (unpaired) electrons. The van der Waals surface area contributed by atoms with Crippen molar-refractivity contribution < 1.29 is 16.8 Å². The monoisotopic (exact) mass is 268 g/mol. The third kappa shape index (κ3) is 1.59. The Morgan fingerprint density at radius 3 is 2.06 bits per heavy atom. The Balaban J connectivity index is 2.39. The number of hydrogen-bond donors (Lipinski definition) is 2. The summed E-state index contributed by atoms with van der Waals surface area (Å²) in [5.74, 6) is 0.00575. The summed E-state index contributed by atoms with van der Waals surface area (Å²) in [6, 6.07) is 0. The van der Waals surface area contributed by atoms with Gasteiger partial charge in [0.05, 0.1) is 10.5 Å². The van der Waals surface area contributed by atoms with Crippen molar-refractivity contribution in [1.29, 1.82) is 0 Å². The number of sulfone groups is 2. The van der Waals surface area contributed by atoms with Crippen LogP contribution < -0.4 is 10.6 Å². The topological polar surface area (TPSA) is 92.3 Å². The zero-order valence-electron chi connectivity index (χ0n) is 9.23. The van der Waals surface area contributed by atoms with Gasteiger partial charge in [-0.15, -0.1) is 0 Å². The first-order valence-electron chi connectivity index (χ1n) is 5.10. The molecule has 16 heavy (non-hydrogen) atoms. The average Bonchev–Trinajstić information content (AvgIpc) is 2.53. The van der Waals surface area contributed by atoms with Gasteiger partial charge in [-0.3, -0.25) is 10.6 Å². The molecule has 2 aliphatic heterocycles. The highest BCUT2D eigenvalue weighted by molar-refractivity contribution is 7.97. The summed E-state index contributed by atoms with van der Waals surface area (Å²) in [6.45, 7) is 3.82. The third-order valence-electron chi connectivity index (χ3n) is 3.23. The van der Waals surface area contributed by atoms with Gasteiger partial charge in [-0.2, -0.15) is 0 Å². The SMILES string of the molecule is CC1(C)CNC(C2NCCS2(=O)=O)S1(=O)=O. The average molecular weight is 268 g/mol. The van der Waals surface area contributed by atoms with Crippen molar-refractivity contribution in [2.75, 3.05) is 18.8 Å². The molecule has 8 heteroatoms. The van der Waals surface area contributed by atoms with Crippen molar-refractivity contribution in [1.82, 2.24) is 10.6 Å². The second-order valence-corrected chi connectivity index (χ2v) is 9.79. The van der Waals surface area contributed by atoms with E-state index in [1.807, 2.05) is 0 Å². The van der Waals surface area contributed by atoms with Gasteiger partial charge in [-0.25, -0.2) is 16.8 Å². The zero-order valence-corrected chi connectivity index (χ0v) is 10.9. The molecule has 0 spiro atoms. The Kier molecular flexibility index (Phi) is 2.62. The quantitative estimate of drug-likeness (QED) is 0.598. The van der Waals surface area contributed by atoms with E-state index in [0.29, 0.717) is 6.54 Å². The summed E-state index contributed by atoms with van der Waals surface area (Å²) in [5.41, 5.74) is 0. The van der Waals surface area contributed by atoms with E-state index in [1.165, 1.54) is 0 Å². The first-order chi connectivity index (χ1) is 7.18. The zero-order chi connectivity index (χ0) is 12.2. The summed E-state index contributed by atoms with van der Waals surface area (Å²) in [7, 11) is -6.82. The van der Waals surface area contributed by atoms with Crippen molar-refractivity contribution in [3.8, 4) is 0 Å². The van der Waals surface area contributed by atoms with Crippen LogP contribution in [0.2, 0.25) is 0 Å². The van der Waals surface area contributed by atoms with Gasteiger partial charge in [-0.1, -0.05) is 0 Å². The lowest BCUT2D eigenvalue weighted by molar-refractivity contribution is 0.531. The van der Waals surface area contributed by atoms with E-state index in [0.717, 1.165) is 0 Å². The summed E-state index contributed by atoms with van der Waals surface area (Å²) < 4.78 is 46.7. The van der Waals surface area contributed by atoms with Gasteiger partial charge in [0.15, 0.2) is 19.7 Å². The minimum atomic E-state index is -3.47. The smallest absolute Gasteiger partial charge is 0.175 e. The van der Waals surface area contributed by atoms with E-state index >= 15 is 0 Å². The maximum Gasteiger partial charge on any atom is 0.175 e. The Hall–Kier alpha value is -0.180. The molecule has 2 fully saturated rings. The minimum absolute atomic E-state index is 0.00575. The molecular weight excluding hydrogens is 252 g/mol. The van der Waals surface area contributed by atoms with Gasteiger partial charge in [0.2, 0.25) is 0 Å². The molecule has 2 unspecified atom stereocenters. The fraction of sp³-hybridized carbons (Fsp3) is 1.00. The van der Waals surface area contributed by atoms with E-state index in [4.69, 9.17) is 0 Å². The molecule has 0 aromatic carbocycles. The molecule has 2 aliphatic rings. The summed E-state index contributed by atoms with van der Waals surface area (Å²) in [5, 5.41) is 3.54. The van der Waals surface area contributed by atoms with Crippen molar-refractivity contribution >= 4 is 19.7 Å². The molecule has 0 amide bonds. The van der Waals surface area contributed by atoms with Crippen LogP contribution in [0, 0.1) is 0 Å². The second-order valence-electron chi connectivity index (χ2n) is 4.85. The Bertz CT molecular complexity index is 494. The second kappa shape index (κ2) is 3.41. The van der Waals surface area contributed by atoms with Crippen molar-refractivity contribution in [2.24, 2.45) is 0 Å². The molecule has 0 saturated carbocycles. The summed E-state index contributed by atoms with van der Waals surface area (Å²) in [4.78, 5) is 0. The molecule has 0 bridgehead atoms. The van der Waals surface area contributed by atoms with Gasteiger partial charge in [-0.05, 0) is 13.8 Å². The van der Waals surface area contributed by atoms with Crippen molar-refractivity contribution in [2.45, 2.75) is 29.3 Å². The number of hydrogen-bond acceptors (Lipinski definition) is 6. The standard InChI is InChI=1S/C8H16N2O4S2/c1-8(2)5-10-7(16(8,13)14)6-9-3-4-15(6,11)12/h6-7,9-10H,3-5H2,1-2H3. The van der Waals surface area contributed by atoms with Crippen molar-refractivity contribution in [3.63, 3.8) is 0 Å². The molecule has 0 aromatic heterocycles. The highest BCUT2D eigenvalue weighted by Gasteiger charge is 2.54. The molecule has 0 aliphatic carbocycles. The highest BCUT2D eigenvalue weighted by Crippen LogP contribution is 2.30. The van der Waals surface area contributed by atoms with Crippen LogP contribution in [0.25, 0.3) is 0 Å². The highest BCUT2D eigenvalue weighted by atomic mass is 32.2. The lowest BCUT2D eigenvalue weighted by Crippen LogP contribution is -2.49. The van der Waals surface area contributed by atoms with E-state index in [2.05, 4.69) is 10.6 Å². The van der Waals surface area contributed by atoms with Crippen LogP contribution in [0.5, 0.6) is 0 Å². The van der Waals surface area contributed by atoms with Gasteiger partial charge in [0.25, 0.3) is 0 Å². The Morgan fingerprint density at radius 2 is 1.69 bits per heavy atom. The summed E-state index contributed by atoms with van der Waals surface area (Å²) >= 11 is 0. The molecule has 2 heterocycles. The third-order valence-corrected chi connectivity index (χ3v) is 8.18. The lowest BCUT2D eigenvalue weighted by Gasteiger charge is -2.21. The molecule has 6 nitrogen and oxygen atoms in total. The maximum atomic E-state index is 12.1. The minimum Gasteiger partial charge on any atom is -0.298 e. The summed E-state index contributed by atoms with van der Waals surface area (Å²) in [6.07, 6.45) is 0. The van der Waals surface area contributed by atoms with E-state index in [9.17, 15) is 16.8 Å². The molecule has 2 N–H and O–H groups in total. The molecule has 2 atom stereocenters. The predicted molar refractivity (Wildman–Crippen MR) is 60.4 cm³/mol. The van der Waals surface area contributed by atoms with Crippen LogP contribution in [-0.2, 0) is 19.7 Å². The molecule has 0 aromatic rings. The molecule has 2 rings (SSSR count). The van der Waals surface area contributed by atoms with Gasteiger partial charge < -0.3 is 0 Å². The van der Waals surface area contributed by atoms with Crippen LogP contribution in [0.1, 0.15) is 13.8 Å². The van der Waals surface area contributed by atoms with Gasteiger partial charge >= 0.3 is 0 Å². The molecule has 2 saturated heterocycles. The van der Waals surface area contributed by atoms with Gasteiger partial charge in [0, 0.05) is 13.1 Å². The predicted octanol–water partition coefficient (Wildman–Crippen LogP) is -1.55. The fourth-order valence-electron chi connectivity index (χ4n) is 2.06.